The van der Waals surface area contributed by atoms with Crippen molar-refractivity contribution in [3.8, 4) is 22.9 Å². The molecular weight excluding hydrogens is 314 g/mol. The van der Waals surface area contributed by atoms with Crippen molar-refractivity contribution in [1.82, 2.24) is 9.78 Å². The fourth-order valence-electron chi connectivity index (χ4n) is 3.45. The number of hydrogen-bond acceptors (Lipinski definition) is 4. The summed E-state index contributed by atoms with van der Waals surface area (Å²) in [7, 11) is 1.68. The van der Waals surface area contributed by atoms with Gasteiger partial charge in [-0.1, -0.05) is 30.3 Å². The summed E-state index contributed by atoms with van der Waals surface area (Å²) >= 11 is 0. The average Bonchev–Trinajstić information content (AvgIpc) is 3.35. The number of furan rings is 1. The number of rotatable bonds is 3. The number of benzene rings is 2. The van der Waals surface area contributed by atoms with Crippen LogP contribution in [0.4, 0.5) is 5.82 Å². The van der Waals surface area contributed by atoms with Crippen molar-refractivity contribution in [2.75, 3.05) is 19.0 Å². The number of aromatic nitrogens is 2. The fourth-order valence-corrected chi connectivity index (χ4v) is 3.45. The van der Waals surface area contributed by atoms with Gasteiger partial charge in [-0.15, -0.1) is 0 Å². The van der Waals surface area contributed by atoms with Crippen LogP contribution in [-0.2, 0) is 6.42 Å². The number of methoxy groups -OCH3 is 1. The van der Waals surface area contributed by atoms with Gasteiger partial charge >= 0.3 is 0 Å². The lowest BCUT2D eigenvalue weighted by atomic mass is 10.1. The van der Waals surface area contributed by atoms with Gasteiger partial charge in [-0.05, 0) is 30.7 Å². The van der Waals surface area contributed by atoms with Crippen LogP contribution in [0.2, 0.25) is 0 Å². The SMILES string of the molecule is COc1ccccc1-n1nc(-c2cc3ccccc3o2)c2c1NCC2. The van der Waals surface area contributed by atoms with Crippen LogP contribution in [0, 0.1) is 0 Å². The summed E-state index contributed by atoms with van der Waals surface area (Å²) < 4.78 is 13.5. The van der Waals surface area contributed by atoms with Gasteiger partial charge in [0, 0.05) is 17.5 Å². The van der Waals surface area contributed by atoms with E-state index in [2.05, 4.69) is 17.4 Å². The van der Waals surface area contributed by atoms with E-state index in [4.69, 9.17) is 14.3 Å². The monoisotopic (exact) mass is 331 g/mol. The predicted molar refractivity (Wildman–Crippen MR) is 97.5 cm³/mol. The molecule has 25 heavy (non-hydrogen) atoms. The molecule has 0 unspecified atom stereocenters. The number of ether oxygens (including phenoxy) is 1. The maximum Gasteiger partial charge on any atom is 0.156 e. The molecule has 3 heterocycles. The lowest BCUT2D eigenvalue weighted by molar-refractivity contribution is 0.412. The fraction of sp³-hybridized carbons (Fsp3) is 0.150. The minimum absolute atomic E-state index is 0.789. The maximum atomic E-state index is 6.05. The predicted octanol–water partition coefficient (Wildman–Crippen LogP) is 4.26. The quantitative estimate of drug-likeness (QED) is 0.609. The summed E-state index contributed by atoms with van der Waals surface area (Å²) in [5.74, 6) is 2.60. The van der Waals surface area contributed by atoms with Gasteiger partial charge in [0.15, 0.2) is 5.76 Å². The Morgan fingerprint density at radius 3 is 2.84 bits per heavy atom. The molecule has 5 heteroatoms. The lowest BCUT2D eigenvalue weighted by Crippen LogP contribution is -2.05. The Kier molecular flexibility index (Phi) is 3.06. The van der Waals surface area contributed by atoms with Crippen LogP contribution in [-0.4, -0.2) is 23.4 Å². The van der Waals surface area contributed by atoms with Crippen LogP contribution in [0.5, 0.6) is 5.75 Å². The first kappa shape index (κ1) is 14.2. The molecule has 2 aromatic carbocycles. The molecule has 1 N–H and O–H groups in total. The largest absolute Gasteiger partial charge is 0.494 e. The third-order valence-corrected chi connectivity index (χ3v) is 4.62. The van der Waals surface area contributed by atoms with Gasteiger partial charge in [0.1, 0.15) is 28.5 Å². The van der Waals surface area contributed by atoms with Gasteiger partial charge in [-0.2, -0.15) is 5.10 Å². The molecule has 0 spiro atoms. The molecule has 0 atom stereocenters. The number of nitrogens with one attached hydrogen (secondary N) is 1. The van der Waals surface area contributed by atoms with Crippen molar-refractivity contribution in [2.24, 2.45) is 0 Å². The van der Waals surface area contributed by atoms with Crippen LogP contribution >= 0.6 is 0 Å². The highest BCUT2D eigenvalue weighted by Gasteiger charge is 2.26. The van der Waals surface area contributed by atoms with Crippen molar-refractivity contribution in [2.45, 2.75) is 6.42 Å². The molecule has 5 rings (SSSR count). The van der Waals surface area contributed by atoms with Gasteiger partial charge in [-0.25, -0.2) is 4.68 Å². The van der Waals surface area contributed by atoms with E-state index < -0.39 is 0 Å². The van der Waals surface area contributed by atoms with Crippen molar-refractivity contribution in [3.63, 3.8) is 0 Å². The molecule has 0 radical (unpaired) electrons. The molecule has 1 aliphatic heterocycles. The van der Waals surface area contributed by atoms with Crippen molar-refractivity contribution in [1.29, 1.82) is 0 Å². The third-order valence-electron chi connectivity index (χ3n) is 4.62. The minimum Gasteiger partial charge on any atom is -0.494 e. The zero-order valence-electron chi connectivity index (χ0n) is 13.8. The van der Waals surface area contributed by atoms with E-state index in [9.17, 15) is 0 Å². The minimum atomic E-state index is 0.789. The standard InChI is InChI=1S/C20H17N3O2/c1-24-17-9-5-3-7-15(17)23-20-14(10-11-21-20)19(22-23)18-12-13-6-2-4-8-16(13)25-18/h2-9,12,21H,10-11H2,1H3. The lowest BCUT2D eigenvalue weighted by Gasteiger charge is -2.10. The van der Waals surface area contributed by atoms with Crippen LogP contribution in [0.25, 0.3) is 28.1 Å². The molecule has 2 aromatic heterocycles. The first-order valence-corrected chi connectivity index (χ1v) is 8.33. The summed E-state index contributed by atoms with van der Waals surface area (Å²) in [6, 6.07) is 18.0. The number of para-hydroxylation sites is 3. The van der Waals surface area contributed by atoms with Crippen LogP contribution in [0.1, 0.15) is 5.56 Å². The Hall–Kier alpha value is -3.21. The Morgan fingerprint density at radius 2 is 1.96 bits per heavy atom. The van der Waals surface area contributed by atoms with Gasteiger partial charge in [0.05, 0.1) is 7.11 Å². The number of fused-ring (bicyclic) bond motifs is 2. The summed E-state index contributed by atoms with van der Waals surface area (Å²) in [4.78, 5) is 0. The van der Waals surface area contributed by atoms with Gasteiger partial charge in [0.25, 0.3) is 0 Å². The molecule has 0 saturated heterocycles. The molecule has 4 aromatic rings. The smallest absolute Gasteiger partial charge is 0.156 e. The van der Waals surface area contributed by atoms with E-state index in [1.807, 2.05) is 47.1 Å². The highest BCUT2D eigenvalue weighted by molar-refractivity contribution is 5.84. The van der Waals surface area contributed by atoms with Crippen molar-refractivity contribution < 1.29 is 9.15 Å². The molecule has 0 saturated carbocycles. The first-order valence-electron chi connectivity index (χ1n) is 8.33. The Labute approximate surface area is 144 Å². The van der Waals surface area contributed by atoms with Gasteiger partial charge in [0.2, 0.25) is 0 Å². The van der Waals surface area contributed by atoms with Gasteiger partial charge < -0.3 is 14.5 Å². The van der Waals surface area contributed by atoms with Crippen molar-refractivity contribution in [3.05, 3.63) is 60.2 Å². The Balaban J connectivity index is 1.72. The summed E-state index contributed by atoms with van der Waals surface area (Å²) in [6.07, 6.45) is 0.927. The topological polar surface area (TPSA) is 52.2 Å². The molecule has 0 bridgehead atoms. The highest BCUT2D eigenvalue weighted by atomic mass is 16.5. The first-order chi connectivity index (χ1) is 12.3. The van der Waals surface area contributed by atoms with E-state index in [0.717, 1.165) is 52.6 Å². The number of anilines is 1. The summed E-state index contributed by atoms with van der Waals surface area (Å²) in [6.45, 7) is 0.898. The van der Waals surface area contributed by atoms with E-state index in [-0.39, 0.29) is 0 Å². The van der Waals surface area contributed by atoms with Crippen LogP contribution < -0.4 is 10.1 Å². The average molecular weight is 331 g/mol. The molecule has 1 aliphatic rings. The zero-order chi connectivity index (χ0) is 16.8. The molecular formula is C20H17N3O2. The molecule has 5 nitrogen and oxygen atoms in total. The van der Waals surface area contributed by atoms with E-state index in [0.29, 0.717) is 0 Å². The second-order valence-corrected chi connectivity index (χ2v) is 6.08. The normalized spacial score (nSPS) is 13.0. The molecule has 0 fully saturated rings. The second kappa shape index (κ2) is 5.41. The zero-order valence-corrected chi connectivity index (χ0v) is 13.8. The van der Waals surface area contributed by atoms with Crippen LogP contribution in [0.15, 0.2) is 59.0 Å². The van der Waals surface area contributed by atoms with Crippen LogP contribution in [0.3, 0.4) is 0 Å². The number of hydrogen-bond donors (Lipinski definition) is 1. The van der Waals surface area contributed by atoms with E-state index >= 15 is 0 Å². The van der Waals surface area contributed by atoms with Gasteiger partial charge in [-0.3, -0.25) is 0 Å². The Bertz CT molecular complexity index is 1040. The Morgan fingerprint density at radius 1 is 1.12 bits per heavy atom. The molecule has 0 amide bonds. The highest BCUT2D eigenvalue weighted by Crippen LogP contribution is 2.38. The molecule has 0 aliphatic carbocycles. The number of nitrogens with zero attached hydrogens (tertiary/aromatic N) is 2. The van der Waals surface area contributed by atoms with E-state index in [1.54, 1.807) is 7.11 Å². The summed E-state index contributed by atoms with van der Waals surface area (Å²) in [5, 5.41) is 9.39. The summed E-state index contributed by atoms with van der Waals surface area (Å²) in [5.41, 5.74) is 3.87. The molecule has 124 valence electrons. The second-order valence-electron chi connectivity index (χ2n) is 6.08. The van der Waals surface area contributed by atoms with E-state index in [1.165, 1.54) is 5.56 Å². The van der Waals surface area contributed by atoms with Crippen molar-refractivity contribution >= 4 is 16.8 Å². The maximum absolute atomic E-state index is 6.05. The third kappa shape index (κ3) is 2.12.